The summed E-state index contributed by atoms with van der Waals surface area (Å²) in [4.78, 5) is -0.140. The minimum Gasteiger partial charge on any atom is -0.375 e. The molecule has 0 fully saturated rings. The van der Waals surface area contributed by atoms with Crippen LogP contribution < -0.4 is 8.37 Å². The molecule has 3 aromatic rings. The summed E-state index contributed by atoms with van der Waals surface area (Å²) in [6.45, 7) is 3.65. The van der Waals surface area contributed by atoms with Crippen LogP contribution in [0.5, 0.6) is 11.5 Å². The van der Waals surface area contributed by atoms with Gasteiger partial charge in [-0.2, -0.15) is 16.8 Å². The fourth-order valence-corrected chi connectivity index (χ4v) is 4.55. The first-order chi connectivity index (χ1) is 14.1. The molecule has 6 nitrogen and oxygen atoms in total. The smallest absolute Gasteiger partial charge is 0.339 e. The Balaban J connectivity index is 1.98. The molecule has 9 heteroatoms. The van der Waals surface area contributed by atoms with Crippen LogP contribution in [0.15, 0.2) is 76.5 Å². The highest BCUT2D eigenvalue weighted by molar-refractivity contribution is 7.87. The van der Waals surface area contributed by atoms with E-state index in [1.165, 1.54) is 42.5 Å². The van der Waals surface area contributed by atoms with Crippen LogP contribution in [0.25, 0.3) is 0 Å². The molecule has 3 rings (SSSR count). The maximum atomic E-state index is 12.7. The maximum absolute atomic E-state index is 12.7. The Morgan fingerprint density at radius 1 is 0.667 bits per heavy atom. The lowest BCUT2D eigenvalue weighted by Crippen LogP contribution is -2.14. The van der Waals surface area contributed by atoms with Gasteiger partial charge in [0.05, 0.1) is 0 Å². The van der Waals surface area contributed by atoms with E-state index >= 15 is 0 Å². The van der Waals surface area contributed by atoms with Crippen LogP contribution in [0.4, 0.5) is 0 Å². The third kappa shape index (κ3) is 5.13. The van der Waals surface area contributed by atoms with Gasteiger partial charge in [-0.3, -0.25) is 0 Å². The molecule has 0 bridgehead atoms. The van der Waals surface area contributed by atoms with Crippen molar-refractivity contribution in [1.29, 1.82) is 0 Å². The van der Waals surface area contributed by atoms with Crippen molar-refractivity contribution in [3.8, 4) is 11.5 Å². The summed E-state index contributed by atoms with van der Waals surface area (Å²) >= 11 is 5.84. The van der Waals surface area contributed by atoms with Gasteiger partial charge in [-0.1, -0.05) is 41.5 Å². The quantitative estimate of drug-likeness (QED) is 0.374. The predicted molar refractivity (Wildman–Crippen MR) is 114 cm³/mol. The van der Waals surface area contributed by atoms with Crippen molar-refractivity contribution in [3.63, 3.8) is 0 Å². The summed E-state index contributed by atoms with van der Waals surface area (Å²) in [7, 11) is -8.43. The van der Waals surface area contributed by atoms with Crippen LogP contribution in [0.1, 0.15) is 16.7 Å². The van der Waals surface area contributed by atoms with Gasteiger partial charge in [-0.25, -0.2) is 0 Å². The van der Waals surface area contributed by atoms with Gasteiger partial charge in [0.1, 0.15) is 9.79 Å². The van der Waals surface area contributed by atoms with Crippen LogP contribution in [0.3, 0.4) is 0 Å². The number of benzene rings is 3. The summed E-state index contributed by atoms with van der Waals surface area (Å²) < 4.78 is 61.1. The van der Waals surface area contributed by atoms with Crippen molar-refractivity contribution in [3.05, 3.63) is 83.4 Å². The van der Waals surface area contributed by atoms with E-state index in [2.05, 4.69) is 0 Å². The third-order valence-corrected chi connectivity index (χ3v) is 6.99. The van der Waals surface area contributed by atoms with Gasteiger partial charge in [0.2, 0.25) is 0 Å². The van der Waals surface area contributed by atoms with Crippen molar-refractivity contribution in [2.75, 3.05) is 0 Å². The lowest BCUT2D eigenvalue weighted by atomic mass is 10.2. The van der Waals surface area contributed by atoms with Gasteiger partial charge in [0.15, 0.2) is 11.5 Å². The Morgan fingerprint density at radius 3 is 1.53 bits per heavy atom. The van der Waals surface area contributed by atoms with Gasteiger partial charge in [0, 0.05) is 5.88 Å². The maximum Gasteiger partial charge on any atom is 0.339 e. The van der Waals surface area contributed by atoms with Gasteiger partial charge < -0.3 is 8.37 Å². The summed E-state index contributed by atoms with van der Waals surface area (Å²) in [5.41, 5.74) is 2.30. The molecule has 0 aliphatic rings. The van der Waals surface area contributed by atoms with Crippen LogP contribution in [-0.4, -0.2) is 16.8 Å². The minimum absolute atomic E-state index is 0.0677. The summed E-state index contributed by atoms with van der Waals surface area (Å²) in [6.07, 6.45) is 0. The molecule has 0 heterocycles. The van der Waals surface area contributed by atoms with E-state index in [9.17, 15) is 16.8 Å². The van der Waals surface area contributed by atoms with Crippen molar-refractivity contribution in [1.82, 2.24) is 0 Å². The Kier molecular flexibility index (Phi) is 6.40. The third-order valence-electron chi connectivity index (χ3n) is 4.18. The second kappa shape index (κ2) is 8.67. The molecule has 0 saturated heterocycles. The van der Waals surface area contributed by atoms with Gasteiger partial charge in [-0.05, 0) is 55.8 Å². The van der Waals surface area contributed by atoms with E-state index in [4.69, 9.17) is 20.0 Å². The summed E-state index contributed by atoms with van der Waals surface area (Å²) in [5.74, 6) is -0.462. The second-order valence-electron chi connectivity index (χ2n) is 6.62. The molecule has 0 unspecified atom stereocenters. The van der Waals surface area contributed by atoms with E-state index in [-0.39, 0.29) is 27.2 Å². The lowest BCUT2D eigenvalue weighted by molar-refractivity contribution is 0.449. The molecule has 0 N–H and O–H groups in total. The van der Waals surface area contributed by atoms with E-state index in [0.717, 1.165) is 11.1 Å². The zero-order valence-electron chi connectivity index (χ0n) is 16.2. The number of halogens is 1. The standard InChI is InChI=1S/C21H19ClO6S2/c1-15-3-8-18(9-4-15)29(23,24)27-20-12-7-17(14-22)13-21(20)28-30(25,26)19-10-5-16(2)6-11-19/h3-13H,14H2,1-2H3. The normalized spacial score (nSPS) is 11.8. The topological polar surface area (TPSA) is 86.7 Å². The minimum atomic E-state index is -4.22. The van der Waals surface area contributed by atoms with Gasteiger partial charge in [-0.15, -0.1) is 11.6 Å². The first-order valence-corrected chi connectivity index (χ1v) is 12.2. The molecule has 0 atom stereocenters. The Hall–Kier alpha value is -2.55. The van der Waals surface area contributed by atoms with Crippen LogP contribution in [0, 0.1) is 13.8 Å². The van der Waals surface area contributed by atoms with Crippen LogP contribution in [0.2, 0.25) is 0 Å². The zero-order valence-corrected chi connectivity index (χ0v) is 18.6. The number of alkyl halides is 1. The molecule has 0 saturated carbocycles. The monoisotopic (exact) mass is 466 g/mol. The van der Waals surface area contributed by atoms with Crippen LogP contribution in [-0.2, 0) is 26.1 Å². The SMILES string of the molecule is Cc1ccc(S(=O)(=O)Oc2ccc(CCl)cc2OS(=O)(=O)c2ccc(C)cc2)cc1. The average molecular weight is 467 g/mol. The van der Waals surface area contributed by atoms with Crippen molar-refractivity contribution < 1.29 is 25.2 Å². The molecule has 0 amide bonds. The number of hydrogen-bond donors (Lipinski definition) is 0. The first-order valence-electron chi connectivity index (χ1n) is 8.82. The highest BCUT2D eigenvalue weighted by Crippen LogP contribution is 2.34. The molecule has 0 spiro atoms. The first kappa shape index (κ1) is 22.1. The van der Waals surface area contributed by atoms with Gasteiger partial charge >= 0.3 is 20.2 Å². The summed E-state index contributed by atoms with van der Waals surface area (Å²) in [5, 5.41) is 0. The number of aryl methyl sites for hydroxylation is 2. The van der Waals surface area contributed by atoms with E-state index < -0.39 is 20.2 Å². The Morgan fingerprint density at radius 2 is 1.10 bits per heavy atom. The molecule has 0 aliphatic carbocycles. The Labute approximate surface area is 181 Å². The number of rotatable bonds is 7. The molecule has 158 valence electrons. The fourth-order valence-electron chi connectivity index (χ4n) is 2.51. The van der Waals surface area contributed by atoms with Crippen molar-refractivity contribution in [2.45, 2.75) is 29.5 Å². The number of hydrogen-bond acceptors (Lipinski definition) is 6. The van der Waals surface area contributed by atoms with Crippen molar-refractivity contribution >= 4 is 31.8 Å². The highest BCUT2D eigenvalue weighted by atomic mass is 35.5. The molecular weight excluding hydrogens is 448 g/mol. The molecule has 0 aliphatic heterocycles. The average Bonchev–Trinajstić information content (AvgIpc) is 2.69. The van der Waals surface area contributed by atoms with E-state index in [1.807, 2.05) is 13.8 Å². The van der Waals surface area contributed by atoms with E-state index in [0.29, 0.717) is 5.56 Å². The van der Waals surface area contributed by atoms with Crippen molar-refractivity contribution in [2.24, 2.45) is 0 Å². The predicted octanol–water partition coefficient (Wildman–Crippen LogP) is 4.58. The Bertz CT molecular complexity index is 1250. The van der Waals surface area contributed by atoms with Crippen LogP contribution >= 0.6 is 11.6 Å². The van der Waals surface area contributed by atoms with E-state index in [1.54, 1.807) is 24.3 Å². The molecule has 30 heavy (non-hydrogen) atoms. The second-order valence-corrected chi connectivity index (χ2v) is 9.98. The molecule has 0 aromatic heterocycles. The molecule has 3 aromatic carbocycles. The fraction of sp³-hybridized carbons (Fsp3) is 0.143. The lowest BCUT2D eigenvalue weighted by Gasteiger charge is -2.14. The molecular formula is C21H19ClO6S2. The van der Waals surface area contributed by atoms with Gasteiger partial charge in [0.25, 0.3) is 0 Å². The largest absolute Gasteiger partial charge is 0.375 e. The zero-order chi connectivity index (χ0) is 21.9. The highest BCUT2D eigenvalue weighted by Gasteiger charge is 2.23. The molecule has 0 radical (unpaired) electrons. The summed E-state index contributed by atoms with van der Waals surface area (Å²) in [6, 6.07) is 16.3.